The first-order chi connectivity index (χ1) is 6.05. The van der Waals surface area contributed by atoms with Crippen molar-refractivity contribution in [3.8, 4) is 0 Å². The Bertz CT molecular complexity index is 309. The molecule has 0 aliphatic rings. The zero-order chi connectivity index (χ0) is 9.90. The zero-order valence-electron chi connectivity index (χ0n) is 6.51. The van der Waals surface area contributed by atoms with Gasteiger partial charge in [0.1, 0.15) is 6.54 Å². The second-order valence-electron chi connectivity index (χ2n) is 2.44. The van der Waals surface area contributed by atoms with Gasteiger partial charge in [-0.05, 0) is 11.6 Å². The van der Waals surface area contributed by atoms with E-state index in [0.29, 0.717) is 0 Å². The number of halogens is 3. The molecule has 1 rings (SSSR count). The van der Waals surface area contributed by atoms with Crippen molar-refractivity contribution in [1.82, 2.24) is 0 Å². The summed E-state index contributed by atoms with van der Waals surface area (Å²) in [6, 6.07) is 4.89. The van der Waals surface area contributed by atoms with Crippen molar-refractivity contribution in [2.45, 2.75) is 12.7 Å². The van der Waals surface area contributed by atoms with Crippen LogP contribution in [0.25, 0.3) is 0 Å². The van der Waals surface area contributed by atoms with Crippen LogP contribution in [-0.2, 0) is 12.7 Å². The molecule has 0 bridgehead atoms. The van der Waals surface area contributed by atoms with Gasteiger partial charge in [-0.15, -0.1) is 0 Å². The van der Waals surface area contributed by atoms with Crippen LogP contribution < -0.4 is 0 Å². The van der Waals surface area contributed by atoms with Crippen LogP contribution in [0.4, 0.5) is 13.2 Å². The third-order valence-corrected chi connectivity index (χ3v) is 1.56. The van der Waals surface area contributed by atoms with Gasteiger partial charge in [-0.1, -0.05) is 23.4 Å². The predicted molar refractivity (Wildman–Crippen MR) is 40.9 cm³/mol. The number of rotatable bonds is 2. The van der Waals surface area contributed by atoms with E-state index in [1.165, 1.54) is 18.2 Å². The molecule has 70 valence electrons. The van der Waals surface area contributed by atoms with Gasteiger partial charge in [0.25, 0.3) is 0 Å². The van der Waals surface area contributed by atoms with Gasteiger partial charge < -0.3 is 0 Å². The Hall–Kier alpha value is -1.39. The molecular formula is C8H6F3NO. The monoisotopic (exact) mass is 189 g/mol. The van der Waals surface area contributed by atoms with Crippen LogP contribution in [0.1, 0.15) is 11.1 Å². The van der Waals surface area contributed by atoms with Crippen molar-refractivity contribution in [1.29, 1.82) is 0 Å². The maximum atomic E-state index is 12.2. The first kappa shape index (κ1) is 9.70. The van der Waals surface area contributed by atoms with E-state index in [9.17, 15) is 18.1 Å². The topological polar surface area (TPSA) is 29.4 Å². The normalized spacial score (nSPS) is 11.3. The number of alkyl halides is 3. The summed E-state index contributed by atoms with van der Waals surface area (Å²) in [5, 5.41) is 2.43. The molecule has 0 aromatic heterocycles. The van der Waals surface area contributed by atoms with Crippen molar-refractivity contribution in [3.63, 3.8) is 0 Å². The quantitative estimate of drug-likeness (QED) is 0.657. The summed E-state index contributed by atoms with van der Waals surface area (Å²) in [5.41, 5.74) is -0.889. The average molecular weight is 189 g/mol. The Balaban J connectivity index is 3.11. The fourth-order valence-electron chi connectivity index (χ4n) is 1.00. The maximum Gasteiger partial charge on any atom is 0.416 e. The van der Waals surface area contributed by atoms with Crippen LogP contribution in [-0.4, -0.2) is 0 Å². The van der Waals surface area contributed by atoms with Crippen molar-refractivity contribution in [2.75, 3.05) is 0 Å². The van der Waals surface area contributed by atoms with Gasteiger partial charge in [-0.3, -0.25) is 0 Å². The fourth-order valence-corrected chi connectivity index (χ4v) is 1.00. The summed E-state index contributed by atoms with van der Waals surface area (Å²) in [7, 11) is 0. The van der Waals surface area contributed by atoms with Crippen LogP contribution in [0, 0.1) is 4.91 Å². The highest BCUT2D eigenvalue weighted by molar-refractivity contribution is 5.29. The molecule has 0 fully saturated rings. The van der Waals surface area contributed by atoms with E-state index >= 15 is 0 Å². The van der Waals surface area contributed by atoms with E-state index in [1.54, 1.807) is 0 Å². The molecular weight excluding hydrogens is 183 g/mol. The van der Waals surface area contributed by atoms with E-state index in [4.69, 9.17) is 0 Å². The van der Waals surface area contributed by atoms with Gasteiger partial charge in [0, 0.05) is 0 Å². The highest BCUT2D eigenvalue weighted by atomic mass is 19.4. The molecule has 0 heterocycles. The van der Waals surface area contributed by atoms with Crippen LogP contribution >= 0.6 is 0 Å². The molecule has 0 spiro atoms. The summed E-state index contributed by atoms with van der Waals surface area (Å²) in [6.07, 6.45) is -4.42. The van der Waals surface area contributed by atoms with Gasteiger partial charge in [0.2, 0.25) is 0 Å². The summed E-state index contributed by atoms with van der Waals surface area (Å²) < 4.78 is 36.7. The second kappa shape index (κ2) is 3.55. The molecule has 1 aromatic carbocycles. The van der Waals surface area contributed by atoms with Gasteiger partial charge in [-0.2, -0.15) is 18.1 Å². The van der Waals surface area contributed by atoms with Gasteiger partial charge in [0.05, 0.1) is 5.56 Å². The Morgan fingerprint density at radius 3 is 2.38 bits per heavy atom. The van der Waals surface area contributed by atoms with Gasteiger partial charge >= 0.3 is 6.18 Å². The molecule has 0 unspecified atom stereocenters. The summed E-state index contributed by atoms with van der Waals surface area (Å²) in [6.45, 7) is -0.449. The van der Waals surface area contributed by atoms with Crippen molar-refractivity contribution in [2.24, 2.45) is 5.18 Å². The number of hydrogen-bond donors (Lipinski definition) is 0. The molecule has 0 saturated carbocycles. The number of nitrogens with zero attached hydrogens (tertiary/aromatic N) is 1. The molecule has 0 aliphatic heterocycles. The van der Waals surface area contributed by atoms with E-state index < -0.39 is 18.3 Å². The van der Waals surface area contributed by atoms with E-state index in [0.717, 1.165) is 6.07 Å². The standard InChI is InChI=1S/C8H6F3NO/c9-8(10,11)7-4-2-1-3-6(7)5-12-13/h1-4H,5H2. The highest BCUT2D eigenvalue weighted by Gasteiger charge is 2.32. The zero-order valence-corrected chi connectivity index (χ0v) is 6.51. The molecule has 0 aliphatic carbocycles. The number of nitroso groups, excluding NO2 is 1. The van der Waals surface area contributed by atoms with Crippen LogP contribution in [0.3, 0.4) is 0 Å². The Labute approximate surface area is 72.4 Å². The average Bonchev–Trinajstić information content (AvgIpc) is 2.04. The minimum Gasteiger partial charge on any atom is -0.166 e. The number of hydrogen-bond acceptors (Lipinski definition) is 2. The molecule has 0 N–H and O–H groups in total. The number of benzene rings is 1. The van der Waals surface area contributed by atoms with Crippen molar-refractivity contribution < 1.29 is 13.2 Å². The molecule has 5 heteroatoms. The van der Waals surface area contributed by atoms with Crippen molar-refractivity contribution >= 4 is 0 Å². The molecule has 1 aromatic rings. The minimum absolute atomic E-state index is 0.0926. The lowest BCUT2D eigenvalue weighted by Gasteiger charge is -2.09. The first-order valence-corrected chi connectivity index (χ1v) is 3.50. The summed E-state index contributed by atoms with van der Waals surface area (Å²) in [5.74, 6) is 0. The summed E-state index contributed by atoms with van der Waals surface area (Å²) in [4.78, 5) is 9.84. The molecule has 0 amide bonds. The Morgan fingerprint density at radius 1 is 1.23 bits per heavy atom. The molecule has 0 saturated heterocycles. The Morgan fingerprint density at radius 2 is 1.85 bits per heavy atom. The third-order valence-electron chi connectivity index (χ3n) is 1.56. The molecule has 0 atom stereocenters. The lowest BCUT2D eigenvalue weighted by Crippen LogP contribution is -2.08. The molecule has 0 radical (unpaired) electrons. The van der Waals surface area contributed by atoms with Crippen LogP contribution in [0.15, 0.2) is 29.4 Å². The van der Waals surface area contributed by atoms with Crippen molar-refractivity contribution in [3.05, 3.63) is 40.3 Å². The lowest BCUT2D eigenvalue weighted by atomic mass is 10.1. The van der Waals surface area contributed by atoms with Crippen LogP contribution in [0.5, 0.6) is 0 Å². The lowest BCUT2D eigenvalue weighted by molar-refractivity contribution is -0.138. The molecule has 13 heavy (non-hydrogen) atoms. The van der Waals surface area contributed by atoms with E-state index in [2.05, 4.69) is 5.18 Å². The fraction of sp³-hybridized carbons (Fsp3) is 0.250. The van der Waals surface area contributed by atoms with Gasteiger partial charge in [-0.25, -0.2) is 0 Å². The van der Waals surface area contributed by atoms with E-state index in [-0.39, 0.29) is 5.56 Å². The smallest absolute Gasteiger partial charge is 0.166 e. The second-order valence-corrected chi connectivity index (χ2v) is 2.44. The summed E-state index contributed by atoms with van der Waals surface area (Å²) >= 11 is 0. The maximum absolute atomic E-state index is 12.2. The predicted octanol–water partition coefficient (Wildman–Crippen LogP) is 2.97. The minimum atomic E-state index is -4.42. The SMILES string of the molecule is O=NCc1ccccc1C(F)(F)F. The van der Waals surface area contributed by atoms with Gasteiger partial charge in [0.15, 0.2) is 0 Å². The van der Waals surface area contributed by atoms with Crippen LogP contribution in [0.2, 0.25) is 0 Å². The Kier molecular flexibility index (Phi) is 2.65. The largest absolute Gasteiger partial charge is 0.416 e. The van der Waals surface area contributed by atoms with E-state index in [1.807, 2.05) is 0 Å². The first-order valence-electron chi connectivity index (χ1n) is 3.50. The highest BCUT2D eigenvalue weighted by Crippen LogP contribution is 2.31. The third kappa shape index (κ3) is 2.27. The molecule has 2 nitrogen and oxygen atoms in total.